The van der Waals surface area contributed by atoms with Crippen LogP contribution in [0.5, 0.6) is 5.75 Å². The van der Waals surface area contributed by atoms with Gasteiger partial charge in [0.1, 0.15) is 11.5 Å². The zero-order chi connectivity index (χ0) is 28.8. The number of amides is 3. The number of hydrogen-bond acceptors (Lipinski definition) is 7. The number of piperazine rings is 1. The number of likely N-dealkylation sites (tertiary alicyclic amines) is 1. The average Bonchev–Trinajstić information content (AvgIpc) is 3.62. The summed E-state index contributed by atoms with van der Waals surface area (Å²) >= 11 is 0. The lowest BCUT2D eigenvalue weighted by Gasteiger charge is -2.38. The van der Waals surface area contributed by atoms with Crippen LogP contribution in [0, 0.1) is 6.92 Å². The largest absolute Gasteiger partial charge is 0.495 e. The normalized spacial score (nSPS) is 15.3. The van der Waals surface area contributed by atoms with Gasteiger partial charge in [0.25, 0.3) is 11.8 Å². The fraction of sp³-hybridized carbons (Fsp3) is 0.387. The van der Waals surface area contributed by atoms with Gasteiger partial charge in [-0.1, -0.05) is 12.1 Å². The summed E-state index contributed by atoms with van der Waals surface area (Å²) in [5.41, 5.74) is 2.89. The second kappa shape index (κ2) is 12.8. The number of anilines is 3. The highest BCUT2D eigenvalue weighted by Gasteiger charge is 2.24. The van der Waals surface area contributed by atoms with Crippen molar-refractivity contribution in [2.75, 3.05) is 68.0 Å². The highest BCUT2D eigenvalue weighted by molar-refractivity contribution is 6.05. The second-order valence-corrected chi connectivity index (χ2v) is 10.3. The first kappa shape index (κ1) is 28.1. The molecule has 1 aromatic heterocycles. The number of nitrogens with zero attached hydrogens (tertiary/aromatic N) is 3. The van der Waals surface area contributed by atoms with Crippen molar-refractivity contribution in [2.45, 2.75) is 26.2 Å². The number of methoxy groups -OCH3 is 1. The van der Waals surface area contributed by atoms with Crippen molar-refractivity contribution in [1.29, 1.82) is 0 Å². The van der Waals surface area contributed by atoms with Crippen molar-refractivity contribution in [3.05, 3.63) is 71.7 Å². The number of aryl methyl sites for hydroxylation is 1. The maximum absolute atomic E-state index is 13.0. The van der Waals surface area contributed by atoms with Gasteiger partial charge in [0.2, 0.25) is 5.91 Å². The second-order valence-electron chi connectivity index (χ2n) is 10.3. The van der Waals surface area contributed by atoms with E-state index in [0.29, 0.717) is 42.9 Å². The number of para-hydroxylation sites is 2. The summed E-state index contributed by atoms with van der Waals surface area (Å²) in [6.07, 6.45) is 2.20. The summed E-state index contributed by atoms with van der Waals surface area (Å²) < 4.78 is 11.1. The molecule has 5 rings (SSSR count). The minimum absolute atomic E-state index is 0.183. The van der Waals surface area contributed by atoms with E-state index in [-0.39, 0.29) is 23.5 Å². The van der Waals surface area contributed by atoms with E-state index < -0.39 is 0 Å². The molecule has 0 bridgehead atoms. The highest BCUT2D eigenvalue weighted by atomic mass is 16.5. The molecule has 3 aromatic rings. The Balaban J connectivity index is 1.28. The monoisotopic (exact) mass is 559 g/mol. The molecule has 2 saturated heterocycles. The van der Waals surface area contributed by atoms with E-state index in [1.807, 2.05) is 29.2 Å². The first-order valence-electron chi connectivity index (χ1n) is 14.1. The maximum Gasteiger partial charge on any atom is 0.291 e. The zero-order valence-corrected chi connectivity index (χ0v) is 23.7. The smallest absolute Gasteiger partial charge is 0.291 e. The van der Waals surface area contributed by atoms with Crippen molar-refractivity contribution >= 4 is 34.8 Å². The third-order valence-corrected chi connectivity index (χ3v) is 7.58. The number of rotatable bonds is 10. The number of benzene rings is 2. The first-order valence-corrected chi connectivity index (χ1v) is 14.1. The molecule has 41 heavy (non-hydrogen) atoms. The molecule has 0 unspecified atom stereocenters. The molecule has 0 aliphatic carbocycles. The Bertz CT molecular complexity index is 1400. The summed E-state index contributed by atoms with van der Waals surface area (Å²) in [6.45, 7) is 6.67. The molecule has 0 saturated carbocycles. The molecule has 2 N–H and O–H groups in total. The molecule has 0 radical (unpaired) electrons. The van der Waals surface area contributed by atoms with Gasteiger partial charge >= 0.3 is 0 Å². The summed E-state index contributed by atoms with van der Waals surface area (Å²) in [6, 6.07) is 16.8. The van der Waals surface area contributed by atoms with Crippen molar-refractivity contribution < 1.29 is 23.5 Å². The van der Waals surface area contributed by atoms with Gasteiger partial charge in [-0.05, 0) is 62.2 Å². The van der Waals surface area contributed by atoms with Crippen LogP contribution >= 0.6 is 0 Å². The van der Waals surface area contributed by atoms with Gasteiger partial charge in [-0.25, -0.2) is 0 Å². The molecule has 10 heteroatoms. The summed E-state index contributed by atoms with van der Waals surface area (Å²) in [4.78, 5) is 44.2. The first-order chi connectivity index (χ1) is 19.9. The quantitative estimate of drug-likeness (QED) is 0.363. The van der Waals surface area contributed by atoms with Crippen LogP contribution in [0.1, 0.15) is 45.9 Å². The number of carbonyl (C=O) groups excluding carboxylic acids is 3. The van der Waals surface area contributed by atoms with Gasteiger partial charge in [-0.3, -0.25) is 14.4 Å². The molecule has 0 spiro atoms. The van der Waals surface area contributed by atoms with E-state index in [4.69, 9.17) is 9.15 Å². The Morgan fingerprint density at radius 3 is 2.37 bits per heavy atom. The Morgan fingerprint density at radius 1 is 0.927 bits per heavy atom. The molecular formula is C31H37N5O5. The Morgan fingerprint density at radius 2 is 1.68 bits per heavy atom. The lowest BCUT2D eigenvalue weighted by atomic mass is 10.1. The predicted octanol–water partition coefficient (Wildman–Crippen LogP) is 3.92. The lowest BCUT2D eigenvalue weighted by Crippen LogP contribution is -2.47. The van der Waals surface area contributed by atoms with Crippen LogP contribution in [-0.2, 0) is 4.79 Å². The average molecular weight is 560 g/mol. The van der Waals surface area contributed by atoms with Crippen molar-refractivity contribution in [2.24, 2.45) is 0 Å². The maximum atomic E-state index is 13.0. The summed E-state index contributed by atoms with van der Waals surface area (Å²) in [7, 11) is 1.68. The fourth-order valence-electron chi connectivity index (χ4n) is 5.39. The van der Waals surface area contributed by atoms with Crippen LogP contribution in [0.15, 0.2) is 59.0 Å². The van der Waals surface area contributed by atoms with E-state index in [1.165, 1.54) is 0 Å². The molecule has 3 amide bonds. The van der Waals surface area contributed by atoms with E-state index >= 15 is 0 Å². The van der Waals surface area contributed by atoms with Crippen molar-refractivity contribution in [3.63, 3.8) is 0 Å². The van der Waals surface area contributed by atoms with Crippen LogP contribution in [0.3, 0.4) is 0 Å². The summed E-state index contributed by atoms with van der Waals surface area (Å²) in [5.74, 6) is 1.27. The molecule has 3 heterocycles. The number of nitrogens with one attached hydrogen (secondary N) is 2. The van der Waals surface area contributed by atoms with E-state index in [9.17, 15) is 14.4 Å². The minimum atomic E-state index is -0.375. The zero-order valence-electron chi connectivity index (χ0n) is 23.7. The Kier molecular flexibility index (Phi) is 8.76. The standard InChI is InChI=1S/C31H37N5O5/c1-22-10-13-28(41-22)31(39)33-24-21-23(30(38)32-14-6-16-36-15-5-9-29(36)37)11-12-25(24)34-17-19-35(20-18-34)26-7-3-4-8-27(26)40-2/h3-4,7-8,10-13,21H,5-6,9,14-20H2,1-2H3,(H,32,38)(H,33,39). The minimum Gasteiger partial charge on any atom is -0.495 e. The molecule has 10 nitrogen and oxygen atoms in total. The fourth-order valence-corrected chi connectivity index (χ4v) is 5.39. The van der Waals surface area contributed by atoms with Crippen LogP contribution < -0.4 is 25.2 Å². The van der Waals surface area contributed by atoms with Crippen LogP contribution in [0.4, 0.5) is 17.1 Å². The predicted molar refractivity (Wildman–Crippen MR) is 158 cm³/mol. The third kappa shape index (κ3) is 6.65. The number of hydrogen-bond donors (Lipinski definition) is 2. The summed E-state index contributed by atoms with van der Waals surface area (Å²) in [5, 5.41) is 5.92. The number of ether oxygens (including phenoxy) is 1. The molecule has 0 atom stereocenters. The van der Waals surface area contributed by atoms with Crippen molar-refractivity contribution in [1.82, 2.24) is 10.2 Å². The van der Waals surface area contributed by atoms with Crippen LogP contribution in [-0.4, -0.2) is 75.5 Å². The van der Waals surface area contributed by atoms with Gasteiger partial charge < -0.3 is 34.5 Å². The number of furan rings is 1. The highest BCUT2D eigenvalue weighted by Crippen LogP contribution is 2.32. The SMILES string of the molecule is COc1ccccc1N1CCN(c2ccc(C(=O)NCCCN3CCCC3=O)cc2NC(=O)c2ccc(C)o2)CC1. The van der Waals surface area contributed by atoms with E-state index in [1.54, 1.807) is 38.3 Å². The topological polar surface area (TPSA) is 107 Å². The van der Waals surface area contributed by atoms with E-state index in [0.717, 1.165) is 56.3 Å². The van der Waals surface area contributed by atoms with Gasteiger partial charge in [0, 0.05) is 57.8 Å². The van der Waals surface area contributed by atoms with E-state index in [2.05, 4.69) is 26.5 Å². The number of carbonyl (C=O) groups is 3. The van der Waals surface area contributed by atoms with Gasteiger partial charge in [0.15, 0.2) is 5.76 Å². The van der Waals surface area contributed by atoms with Crippen LogP contribution in [0.2, 0.25) is 0 Å². The molecule has 2 fully saturated rings. The molecule has 2 aromatic carbocycles. The Labute approximate surface area is 240 Å². The van der Waals surface area contributed by atoms with Gasteiger partial charge in [-0.15, -0.1) is 0 Å². The third-order valence-electron chi connectivity index (χ3n) is 7.58. The molecule has 2 aliphatic heterocycles. The lowest BCUT2D eigenvalue weighted by molar-refractivity contribution is -0.127. The molecule has 2 aliphatic rings. The van der Waals surface area contributed by atoms with Gasteiger partial charge in [-0.2, -0.15) is 0 Å². The van der Waals surface area contributed by atoms with Crippen LogP contribution in [0.25, 0.3) is 0 Å². The molecule has 216 valence electrons. The molecular weight excluding hydrogens is 522 g/mol. The van der Waals surface area contributed by atoms with Gasteiger partial charge in [0.05, 0.1) is 24.2 Å². The van der Waals surface area contributed by atoms with Crippen molar-refractivity contribution in [3.8, 4) is 5.75 Å². The Hall–Kier alpha value is -4.47.